The molecule has 120 valence electrons. The molecule has 0 spiro atoms. The predicted octanol–water partition coefficient (Wildman–Crippen LogP) is 1.37. The molecule has 1 unspecified atom stereocenters. The highest BCUT2D eigenvalue weighted by Crippen LogP contribution is 2.33. The molecule has 1 atom stereocenters. The fourth-order valence-corrected chi connectivity index (χ4v) is 2.65. The quantitative estimate of drug-likeness (QED) is 0.606. The Labute approximate surface area is 146 Å². The highest BCUT2D eigenvalue weighted by Gasteiger charge is 2.51. The summed E-state index contributed by atoms with van der Waals surface area (Å²) in [5, 5.41) is 5.23. The van der Waals surface area contributed by atoms with Gasteiger partial charge in [0.25, 0.3) is 0 Å². The lowest BCUT2D eigenvalue weighted by atomic mass is 9.73. The molecule has 1 aliphatic rings. The fraction of sp³-hybridized carbons (Fsp3) is 0.400. The molecule has 1 aromatic carbocycles. The number of carbonyl (C=O) groups is 2. The lowest BCUT2D eigenvalue weighted by molar-refractivity contribution is -0.138. The lowest BCUT2D eigenvalue weighted by Gasteiger charge is -2.38. The van der Waals surface area contributed by atoms with Gasteiger partial charge >= 0.3 is 0 Å². The molecule has 0 radical (unpaired) electrons. The molecule has 2 amide bonds. The van der Waals surface area contributed by atoms with Crippen LogP contribution in [0.5, 0.6) is 0 Å². The summed E-state index contributed by atoms with van der Waals surface area (Å²) in [6, 6.07) is 9.16. The summed E-state index contributed by atoms with van der Waals surface area (Å²) in [7, 11) is 3.85. The third-order valence-corrected chi connectivity index (χ3v) is 4.18. The summed E-state index contributed by atoms with van der Waals surface area (Å²) in [5.41, 5.74) is -0.580. The van der Waals surface area contributed by atoms with Gasteiger partial charge in [-0.05, 0) is 45.2 Å². The monoisotopic (exact) mass is 385 g/mol. The largest absolute Gasteiger partial charge is 0.307 e. The normalized spacial score (nSPS) is 18.3. The van der Waals surface area contributed by atoms with Gasteiger partial charge in [-0.25, -0.2) is 0 Å². The molecular weight excluding hydrogens is 366 g/mol. The van der Waals surface area contributed by atoms with E-state index in [0.717, 1.165) is 0 Å². The molecule has 1 fully saturated rings. The molecule has 2 rings (SSSR count). The average Bonchev–Trinajstić information content (AvgIpc) is 2.43. The van der Waals surface area contributed by atoms with E-state index in [2.05, 4.69) is 10.6 Å². The second kappa shape index (κ2) is 7.30. The van der Waals surface area contributed by atoms with Gasteiger partial charge in [-0.15, -0.1) is 17.0 Å². The van der Waals surface area contributed by atoms with Crippen molar-refractivity contribution in [3.05, 3.63) is 35.9 Å². The van der Waals surface area contributed by atoms with Crippen LogP contribution in [0.2, 0.25) is 0 Å². The number of hydrogen-bond acceptors (Lipinski definition) is 4. The van der Waals surface area contributed by atoms with E-state index in [1.165, 1.54) is 0 Å². The summed E-state index contributed by atoms with van der Waals surface area (Å²) in [6.45, 7) is 1.98. The van der Waals surface area contributed by atoms with E-state index < -0.39 is 5.41 Å². The van der Waals surface area contributed by atoms with Crippen molar-refractivity contribution in [2.24, 2.45) is 0 Å². The minimum atomic E-state index is -1.26. The zero-order valence-electron chi connectivity index (χ0n) is 12.8. The molecule has 1 saturated heterocycles. The van der Waals surface area contributed by atoms with Crippen molar-refractivity contribution in [1.82, 2.24) is 15.5 Å². The van der Waals surface area contributed by atoms with Crippen LogP contribution in [-0.2, 0) is 15.0 Å². The highest BCUT2D eigenvalue weighted by atomic mass is 79.9. The standard InChI is InChI=1S/C15H19N3O2S.BrH/c1-10(18(2)3)9-15(11-7-5-4-6-8-11)12(19)16-14(21)17-13(15)20;/h4-8,10H,9H2,1-3H3,(H2,16,17,19,20,21);1H. The maximum absolute atomic E-state index is 12.6. The van der Waals surface area contributed by atoms with Gasteiger partial charge in [0.05, 0.1) is 0 Å². The topological polar surface area (TPSA) is 61.4 Å². The van der Waals surface area contributed by atoms with Crippen LogP contribution >= 0.6 is 29.2 Å². The molecule has 0 aromatic heterocycles. The van der Waals surface area contributed by atoms with Crippen LogP contribution in [0.15, 0.2) is 30.3 Å². The van der Waals surface area contributed by atoms with Crippen LogP contribution in [0.25, 0.3) is 0 Å². The highest BCUT2D eigenvalue weighted by molar-refractivity contribution is 8.93. The molecule has 1 aromatic rings. The minimum absolute atomic E-state index is 0. The van der Waals surface area contributed by atoms with Gasteiger partial charge in [0, 0.05) is 6.04 Å². The molecule has 0 saturated carbocycles. The Morgan fingerprint density at radius 3 is 2.09 bits per heavy atom. The number of thiocarbonyl (C=S) groups is 1. The van der Waals surface area contributed by atoms with E-state index in [1.54, 1.807) is 12.1 Å². The number of hydrogen-bond donors (Lipinski definition) is 2. The predicted molar refractivity (Wildman–Crippen MR) is 95.1 cm³/mol. The smallest absolute Gasteiger partial charge is 0.246 e. The zero-order chi connectivity index (χ0) is 15.6. The Morgan fingerprint density at radius 2 is 1.64 bits per heavy atom. The second-order valence-electron chi connectivity index (χ2n) is 5.53. The molecule has 2 N–H and O–H groups in total. The van der Waals surface area contributed by atoms with E-state index in [9.17, 15) is 9.59 Å². The van der Waals surface area contributed by atoms with Crippen molar-refractivity contribution in [2.45, 2.75) is 24.8 Å². The third kappa shape index (κ3) is 3.37. The van der Waals surface area contributed by atoms with Crippen LogP contribution in [0.4, 0.5) is 0 Å². The number of nitrogens with zero attached hydrogens (tertiary/aromatic N) is 1. The molecule has 22 heavy (non-hydrogen) atoms. The molecule has 5 nitrogen and oxygen atoms in total. The van der Waals surface area contributed by atoms with Crippen LogP contribution < -0.4 is 10.6 Å². The minimum Gasteiger partial charge on any atom is -0.307 e. The van der Waals surface area contributed by atoms with Crippen LogP contribution in [0.1, 0.15) is 18.9 Å². The number of nitrogens with one attached hydrogen (secondary N) is 2. The van der Waals surface area contributed by atoms with Gasteiger partial charge in [-0.2, -0.15) is 0 Å². The summed E-state index contributed by atoms with van der Waals surface area (Å²) >= 11 is 4.90. The first kappa shape index (κ1) is 18.7. The van der Waals surface area contributed by atoms with Gasteiger partial charge in [0.1, 0.15) is 0 Å². The Bertz CT molecular complexity index is 557. The number of benzene rings is 1. The Morgan fingerprint density at radius 1 is 1.14 bits per heavy atom. The summed E-state index contributed by atoms with van der Waals surface area (Å²) in [4.78, 5) is 27.2. The molecule has 7 heteroatoms. The van der Waals surface area contributed by atoms with Crippen molar-refractivity contribution in [2.75, 3.05) is 14.1 Å². The van der Waals surface area contributed by atoms with Gasteiger partial charge in [-0.3, -0.25) is 9.59 Å². The average molecular weight is 386 g/mol. The Hall–Kier alpha value is -1.31. The molecule has 0 aliphatic carbocycles. The molecular formula is C15H20BrN3O2S. The van der Waals surface area contributed by atoms with E-state index in [0.29, 0.717) is 12.0 Å². The summed E-state index contributed by atoms with van der Waals surface area (Å²) < 4.78 is 0. The van der Waals surface area contributed by atoms with Crippen molar-refractivity contribution < 1.29 is 9.59 Å². The number of amides is 2. The number of rotatable bonds is 4. The molecule has 1 aliphatic heterocycles. The first-order valence-corrected chi connectivity index (χ1v) is 7.17. The van der Waals surface area contributed by atoms with Crippen molar-refractivity contribution in [3.8, 4) is 0 Å². The summed E-state index contributed by atoms with van der Waals surface area (Å²) in [6.07, 6.45) is 0.379. The maximum atomic E-state index is 12.6. The van der Waals surface area contributed by atoms with Gasteiger partial charge in [0.15, 0.2) is 10.5 Å². The van der Waals surface area contributed by atoms with Gasteiger partial charge in [-0.1, -0.05) is 30.3 Å². The maximum Gasteiger partial charge on any atom is 0.246 e. The number of carbonyl (C=O) groups excluding carboxylic acids is 2. The zero-order valence-corrected chi connectivity index (χ0v) is 15.3. The van der Waals surface area contributed by atoms with E-state index in [1.807, 2.05) is 44.1 Å². The summed E-state index contributed by atoms with van der Waals surface area (Å²) in [5.74, 6) is -0.729. The van der Waals surface area contributed by atoms with Crippen LogP contribution in [-0.4, -0.2) is 42.0 Å². The van der Waals surface area contributed by atoms with Gasteiger partial charge in [0.2, 0.25) is 11.8 Å². The van der Waals surface area contributed by atoms with Gasteiger partial charge < -0.3 is 15.5 Å². The second-order valence-corrected chi connectivity index (χ2v) is 5.93. The number of halogens is 1. The third-order valence-electron chi connectivity index (χ3n) is 3.98. The molecule has 0 bridgehead atoms. The van der Waals surface area contributed by atoms with Crippen molar-refractivity contribution in [1.29, 1.82) is 0 Å². The van der Waals surface area contributed by atoms with E-state index >= 15 is 0 Å². The Kier molecular flexibility index (Phi) is 6.22. The van der Waals surface area contributed by atoms with Crippen molar-refractivity contribution in [3.63, 3.8) is 0 Å². The SMILES string of the molecule is Br.CC(CC1(c2ccccc2)C(=O)NC(=S)NC1=O)N(C)C. The first-order chi connectivity index (χ1) is 9.87. The lowest BCUT2D eigenvalue weighted by Crippen LogP contribution is -2.65. The van der Waals surface area contributed by atoms with Crippen LogP contribution in [0.3, 0.4) is 0 Å². The Balaban J connectivity index is 0.00000242. The van der Waals surface area contributed by atoms with E-state index in [-0.39, 0.29) is 40.0 Å². The van der Waals surface area contributed by atoms with Crippen molar-refractivity contribution >= 4 is 46.1 Å². The first-order valence-electron chi connectivity index (χ1n) is 6.76. The fourth-order valence-electron chi connectivity index (χ4n) is 2.47. The molecule has 1 heterocycles. The van der Waals surface area contributed by atoms with E-state index in [4.69, 9.17) is 12.2 Å². The van der Waals surface area contributed by atoms with Crippen LogP contribution in [0, 0.1) is 0 Å².